The van der Waals surface area contributed by atoms with E-state index < -0.39 is 11.1 Å². The number of amides is 2. The minimum Gasteiger partial charge on any atom is -0.375 e. The zero-order valence-corrected chi connectivity index (χ0v) is 21.9. The standard InChI is InChI=1S/C24H50N4O4/c1-21(2,13-17-31-23(5,6)11-15-25)27-19(29)9-10-20(30)28-22(3,4)14-18-32-24(7,8)12-16-26/h9-18,25-26H2,1-8H3,(H,27,29)(H,28,30). The summed E-state index contributed by atoms with van der Waals surface area (Å²) in [4.78, 5) is 24.7. The van der Waals surface area contributed by atoms with Gasteiger partial charge in [-0.25, -0.2) is 0 Å². The fourth-order valence-corrected chi connectivity index (χ4v) is 3.24. The highest BCUT2D eigenvalue weighted by Crippen LogP contribution is 2.18. The minimum atomic E-state index is -0.417. The minimum absolute atomic E-state index is 0.143. The largest absolute Gasteiger partial charge is 0.375 e. The molecule has 0 radical (unpaired) electrons. The van der Waals surface area contributed by atoms with Crippen molar-refractivity contribution < 1.29 is 19.1 Å². The summed E-state index contributed by atoms with van der Waals surface area (Å²) in [5, 5.41) is 6.00. The normalized spacial score (nSPS) is 13.2. The van der Waals surface area contributed by atoms with E-state index in [0.717, 1.165) is 12.8 Å². The predicted octanol–water partition coefficient (Wildman–Crippen LogP) is 2.62. The molecule has 8 nitrogen and oxygen atoms in total. The van der Waals surface area contributed by atoms with Crippen molar-refractivity contribution in [3.05, 3.63) is 0 Å². The number of ether oxygens (including phenoxy) is 2. The third kappa shape index (κ3) is 15.6. The number of rotatable bonds is 17. The Morgan fingerprint density at radius 2 is 0.938 bits per heavy atom. The maximum atomic E-state index is 12.4. The molecule has 0 aromatic heterocycles. The molecule has 0 fully saturated rings. The molecule has 0 aromatic carbocycles. The molecular weight excluding hydrogens is 408 g/mol. The van der Waals surface area contributed by atoms with Crippen LogP contribution in [0.2, 0.25) is 0 Å². The molecule has 0 unspecified atom stereocenters. The topological polar surface area (TPSA) is 129 Å². The first-order chi connectivity index (χ1) is 14.5. The lowest BCUT2D eigenvalue weighted by molar-refractivity contribution is -0.128. The molecule has 0 heterocycles. The lowest BCUT2D eigenvalue weighted by atomic mass is 9.99. The lowest BCUT2D eigenvalue weighted by Gasteiger charge is -2.31. The van der Waals surface area contributed by atoms with Crippen molar-refractivity contribution in [2.75, 3.05) is 26.3 Å². The summed E-state index contributed by atoms with van der Waals surface area (Å²) in [5.74, 6) is -0.285. The van der Waals surface area contributed by atoms with Gasteiger partial charge in [-0.15, -0.1) is 0 Å². The van der Waals surface area contributed by atoms with Crippen molar-refractivity contribution in [2.45, 2.75) is 116 Å². The molecule has 0 spiro atoms. The van der Waals surface area contributed by atoms with Gasteiger partial charge in [0.25, 0.3) is 0 Å². The fourth-order valence-electron chi connectivity index (χ4n) is 3.24. The number of carbonyl (C=O) groups is 2. The van der Waals surface area contributed by atoms with Crippen LogP contribution >= 0.6 is 0 Å². The summed E-state index contributed by atoms with van der Waals surface area (Å²) in [6.45, 7) is 18.1. The number of nitrogens with two attached hydrogens (primary N) is 2. The second-order valence-corrected chi connectivity index (χ2v) is 11.2. The van der Waals surface area contributed by atoms with Crippen LogP contribution in [0.25, 0.3) is 0 Å². The van der Waals surface area contributed by atoms with E-state index in [1.54, 1.807) is 0 Å². The van der Waals surface area contributed by atoms with Crippen molar-refractivity contribution in [2.24, 2.45) is 11.5 Å². The van der Waals surface area contributed by atoms with Gasteiger partial charge in [-0.05, 0) is 94.2 Å². The summed E-state index contributed by atoms with van der Waals surface area (Å²) >= 11 is 0. The van der Waals surface area contributed by atoms with Gasteiger partial charge >= 0.3 is 0 Å². The van der Waals surface area contributed by atoms with Crippen LogP contribution in [0, 0.1) is 0 Å². The van der Waals surface area contributed by atoms with E-state index in [1.807, 2.05) is 55.4 Å². The Balaban J connectivity index is 4.31. The Bertz CT molecular complexity index is 524. The van der Waals surface area contributed by atoms with E-state index in [-0.39, 0.29) is 35.9 Å². The van der Waals surface area contributed by atoms with Gasteiger partial charge < -0.3 is 31.6 Å². The SMILES string of the molecule is CC(C)(CCOC(C)(C)CCN)NC(=O)CCC(=O)NC(C)(C)CCOC(C)(C)CCN. The number of hydrogen-bond acceptors (Lipinski definition) is 6. The first-order valence-corrected chi connectivity index (χ1v) is 11.8. The van der Waals surface area contributed by atoms with E-state index >= 15 is 0 Å². The van der Waals surface area contributed by atoms with Crippen LogP contribution in [0.4, 0.5) is 0 Å². The smallest absolute Gasteiger partial charge is 0.220 e. The summed E-state index contributed by atoms with van der Waals surface area (Å²) in [6, 6.07) is 0. The van der Waals surface area contributed by atoms with E-state index in [1.165, 1.54) is 0 Å². The first-order valence-electron chi connectivity index (χ1n) is 11.8. The van der Waals surface area contributed by atoms with Crippen LogP contribution in [0.3, 0.4) is 0 Å². The average molecular weight is 459 g/mol. The molecule has 0 saturated heterocycles. The van der Waals surface area contributed by atoms with E-state index in [4.69, 9.17) is 20.9 Å². The summed E-state index contributed by atoms with van der Waals surface area (Å²) in [6.07, 6.45) is 3.19. The Hall–Kier alpha value is -1.22. The monoisotopic (exact) mass is 458 g/mol. The molecule has 0 aliphatic carbocycles. The van der Waals surface area contributed by atoms with Crippen molar-refractivity contribution in [3.63, 3.8) is 0 Å². The van der Waals surface area contributed by atoms with Crippen LogP contribution in [-0.4, -0.2) is 60.4 Å². The van der Waals surface area contributed by atoms with Crippen molar-refractivity contribution in [1.82, 2.24) is 10.6 Å². The highest BCUT2D eigenvalue weighted by atomic mass is 16.5. The van der Waals surface area contributed by atoms with E-state index in [0.29, 0.717) is 39.1 Å². The zero-order valence-electron chi connectivity index (χ0n) is 21.9. The fraction of sp³-hybridized carbons (Fsp3) is 0.917. The number of carbonyl (C=O) groups excluding carboxylic acids is 2. The highest BCUT2D eigenvalue weighted by Gasteiger charge is 2.25. The molecule has 8 heteroatoms. The zero-order chi connectivity index (χ0) is 25.1. The van der Waals surface area contributed by atoms with E-state index in [2.05, 4.69) is 10.6 Å². The van der Waals surface area contributed by atoms with Crippen LogP contribution in [0.15, 0.2) is 0 Å². The van der Waals surface area contributed by atoms with Crippen LogP contribution in [0.5, 0.6) is 0 Å². The van der Waals surface area contributed by atoms with Gasteiger partial charge in [0.1, 0.15) is 0 Å². The molecule has 0 saturated carbocycles. The van der Waals surface area contributed by atoms with Gasteiger partial charge in [0.2, 0.25) is 11.8 Å². The van der Waals surface area contributed by atoms with Crippen molar-refractivity contribution >= 4 is 11.8 Å². The molecule has 190 valence electrons. The van der Waals surface area contributed by atoms with Gasteiger partial charge in [0, 0.05) is 37.1 Å². The number of nitrogens with one attached hydrogen (secondary N) is 2. The van der Waals surface area contributed by atoms with Gasteiger partial charge in [-0.3, -0.25) is 9.59 Å². The second kappa shape index (κ2) is 13.5. The maximum absolute atomic E-state index is 12.4. The Labute approximate surface area is 195 Å². The van der Waals surface area contributed by atoms with E-state index in [9.17, 15) is 9.59 Å². The van der Waals surface area contributed by atoms with Crippen LogP contribution < -0.4 is 22.1 Å². The number of hydrogen-bond donors (Lipinski definition) is 4. The Kier molecular flexibility index (Phi) is 13.0. The van der Waals surface area contributed by atoms with Gasteiger partial charge in [0.05, 0.1) is 11.2 Å². The summed E-state index contributed by atoms with van der Waals surface area (Å²) < 4.78 is 11.8. The van der Waals surface area contributed by atoms with Crippen molar-refractivity contribution in [3.8, 4) is 0 Å². The molecule has 0 aromatic rings. The first kappa shape index (κ1) is 30.8. The molecule has 6 N–H and O–H groups in total. The quantitative estimate of drug-likeness (QED) is 0.265. The molecule has 0 atom stereocenters. The molecule has 32 heavy (non-hydrogen) atoms. The molecule has 0 aliphatic heterocycles. The van der Waals surface area contributed by atoms with Gasteiger partial charge in [-0.1, -0.05) is 0 Å². The summed E-state index contributed by atoms with van der Waals surface area (Å²) in [5.41, 5.74) is 9.83. The molecule has 0 aliphatic rings. The molecule has 0 rings (SSSR count). The lowest BCUT2D eigenvalue weighted by Crippen LogP contribution is -2.46. The molecule has 2 amide bonds. The van der Waals surface area contributed by atoms with Crippen LogP contribution in [0.1, 0.15) is 93.9 Å². The van der Waals surface area contributed by atoms with Gasteiger partial charge in [0.15, 0.2) is 0 Å². The Morgan fingerprint density at radius 3 is 1.22 bits per heavy atom. The average Bonchev–Trinajstić information content (AvgIpc) is 2.58. The molecular formula is C24H50N4O4. The van der Waals surface area contributed by atoms with Gasteiger partial charge in [-0.2, -0.15) is 0 Å². The molecule has 0 bridgehead atoms. The Morgan fingerprint density at radius 1 is 0.625 bits per heavy atom. The summed E-state index contributed by atoms with van der Waals surface area (Å²) in [7, 11) is 0. The maximum Gasteiger partial charge on any atom is 0.220 e. The third-order valence-corrected chi connectivity index (χ3v) is 5.47. The predicted molar refractivity (Wildman–Crippen MR) is 130 cm³/mol. The third-order valence-electron chi connectivity index (χ3n) is 5.47. The highest BCUT2D eigenvalue weighted by molar-refractivity contribution is 5.84. The van der Waals surface area contributed by atoms with Crippen LogP contribution in [-0.2, 0) is 19.1 Å². The second-order valence-electron chi connectivity index (χ2n) is 11.2. The van der Waals surface area contributed by atoms with Crippen molar-refractivity contribution in [1.29, 1.82) is 0 Å².